The summed E-state index contributed by atoms with van der Waals surface area (Å²) >= 11 is 0. The Labute approximate surface area is 194 Å². The minimum Gasteiger partial charge on any atom is -0.497 e. The number of hydrogen-bond acceptors (Lipinski definition) is 5. The fourth-order valence-electron chi connectivity index (χ4n) is 3.45. The number of amides is 2. The minimum absolute atomic E-state index is 0.0504. The maximum atomic E-state index is 12.9. The van der Waals surface area contributed by atoms with Gasteiger partial charge in [-0.2, -0.15) is 0 Å². The first-order valence-electron chi connectivity index (χ1n) is 11.1. The average molecular weight is 450 g/mol. The molecule has 2 aromatic carbocycles. The van der Waals surface area contributed by atoms with Crippen molar-refractivity contribution in [2.24, 2.45) is 5.92 Å². The number of benzene rings is 2. The smallest absolute Gasteiger partial charge is 0.273 e. The van der Waals surface area contributed by atoms with Crippen LogP contribution in [0.3, 0.4) is 0 Å². The van der Waals surface area contributed by atoms with Gasteiger partial charge in [-0.1, -0.05) is 61.5 Å². The normalized spacial score (nSPS) is 10.8. The van der Waals surface area contributed by atoms with Gasteiger partial charge < -0.3 is 19.5 Å². The molecule has 0 bridgehead atoms. The van der Waals surface area contributed by atoms with Crippen LogP contribution in [0.2, 0.25) is 0 Å². The van der Waals surface area contributed by atoms with Gasteiger partial charge in [-0.3, -0.25) is 9.59 Å². The van der Waals surface area contributed by atoms with Crippen LogP contribution in [0.4, 0.5) is 0 Å². The Kier molecular flexibility index (Phi) is 8.63. The number of aromatic nitrogens is 1. The first kappa shape index (κ1) is 24.0. The van der Waals surface area contributed by atoms with Gasteiger partial charge in [-0.25, -0.2) is 0 Å². The standard InChI is InChI=1S/C26H31N3O4/c1-19(2)17-29(25(30)14-11-20-7-5-4-6-8-20)18-23-15-24(28-33-23)26(31)27-16-21-9-12-22(32-3)13-10-21/h4-10,12-13,15,19H,11,14,16-18H2,1-3H3,(H,27,31). The second kappa shape index (κ2) is 11.9. The number of hydrogen-bond donors (Lipinski definition) is 1. The van der Waals surface area contributed by atoms with Crippen molar-refractivity contribution >= 4 is 11.8 Å². The molecule has 1 heterocycles. The highest BCUT2D eigenvalue weighted by atomic mass is 16.5. The highest BCUT2D eigenvalue weighted by molar-refractivity contribution is 5.92. The summed E-state index contributed by atoms with van der Waals surface area (Å²) in [6.07, 6.45) is 1.10. The number of nitrogens with one attached hydrogen (secondary N) is 1. The van der Waals surface area contributed by atoms with Crippen LogP contribution in [0.5, 0.6) is 5.75 Å². The van der Waals surface area contributed by atoms with E-state index in [9.17, 15) is 9.59 Å². The van der Waals surface area contributed by atoms with Crippen molar-refractivity contribution in [1.82, 2.24) is 15.4 Å². The fraction of sp³-hybridized carbons (Fsp3) is 0.346. The molecule has 0 radical (unpaired) electrons. The maximum absolute atomic E-state index is 12.9. The van der Waals surface area contributed by atoms with E-state index in [1.807, 2.05) is 54.6 Å². The van der Waals surface area contributed by atoms with Gasteiger partial charge in [0.05, 0.1) is 13.7 Å². The molecule has 1 N–H and O–H groups in total. The lowest BCUT2D eigenvalue weighted by atomic mass is 10.1. The van der Waals surface area contributed by atoms with Crippen LogP contribution in [0.1, 0.15) is 47.6 Å². The van der Waals surface area contributed by atoms with E-state index in [1.54, 1.807) is 18.1 Å². The molecule has 174 valence electrons. The zero-order valence-electron chi connectivity index (χ0n) is 19.4. The average Bonchev–Trinajstić information content (AvgIpc) is 3.30. The van der Waals surface area contributed by atoms with Crippen LogP contribution in [-0.4, -0.2) is 35.5 Å². The molecule has 7 nitrogen and oxygen atoms in total. The Morgan fingerprint density at radius 2 is 1.79 bits per heavy atom. The number of aryl methyl sites for hydroxylation is 1. The lowest BCUT2D eigenvalue weighted by Gasteiger charge is -2.23. The Bertz CT molecular complexity index is 1030. The largest absolute Gasteiger partial charge is 0.497 e. The molecule has 0 saturated carbocycles. The number of rotatable bonds is 11. The van der Waals surface area contributed by atoms with E-state index < -0.39 is 0 Å². The summed E-state index contributed by atoms with van der Waals surface area (Å²) in [4.78, 5) is 27.1. The zero-order chi connectivity index (χ0) is 23.6. The highest BCUT2D eigenvalue weighted by Gasteiger charge is 2.19. The van der Waals surface area contributed by atoms with Crippen molar-refractivity contribution in [2.75, 3.05) is 13.7 Å². The molecule has 0 aliphatic heterocycles. The van der Waals surface area contributed by atoms with E-state index in [0.717, 1.165) is 16.9 Å². The van der Waals surface area contributed by atoms with Crippen LogP contribution in [0.15, 0.2) is 65.2 Å². The van der Waals surface area contributed by atoms with Crippen LogP contribution >= 0.6 is 0 Å². The Morgan fingerprint density at radius 3 is 2.45 bits per heavy atom. The van der Waals surface area contributed by atoms with Gasteiger partial charge in [-0.05, 0) is 35.6 Å². The van der Waals surface area contributed by atoms with Crippen LogP contribution in [0, 0.1) is 5.92 Å². The molecule has 0 unspecified atom stereocenters. The van der Waals surface area contributed by atoms with E-state index in [4.69, 9.17) is 9.26 Å². The van der Waals surface area contributed by atoms with Crippen molar-refractivity contribution in [1.29, 1.82) is 0 Å². The fourth-order valence-corrected chi connectivity index (χ4v) is 3.45. The molecule has 1 aromatic heterocycles. The summed E-state index contributed by atoms with van der Waals surface area (Å²) in [5.74, 6) is 1.27. The lowest BCUT2D eigenvalue weighted by Crippen LogP contribution is -2.33. The van der Waals surface area contributed by atoms with Crippen molar-refractivity contribution < 1.29 is 18.8 Å². The number of carbonyl (C=O) groups excluding carboxylic acids is 2. The quantitative estimate of drug-likeness (QED) is 0.474. The molecule has 0 aliphatic carbocycles. The molecule has 0 aliphatic rings. The molecule has 0 fully saturated rings. The van der Waals surface area contributed by atoms with E-state index >= 15 is 0 Å². The molecular weight excluding hydrogens is 418 g/mol. The summed E-state index contributed by atoms with van der Waals surface area (Å²) in [5.41, 5.74) is 2.27. The Hall–Kier alpha value is -3.61. The predicted octanol–water partition coefficient (Wildman–Crippen LogP) is 4.23. The van der Waals surface area contributed by atoms with Crippen LogP contribution in [-0.2, 0) is 24.3 Å². The van der Waals surface area contributed by atoms with E-state index in [-0.39, 0.29) is 24.1 Å². The van der Waals surface area contributed by atoms with Gasteiger partial charge in [0.25, 0.3) is 5.91 Å². The van der Waals surface area contributed by atoms with Crippen molar-refractivity contribution in [3.8, 4) is 5.75 Å². The summed E-state index contributed by atoms with van der Waals surface area (Å²) in [5, 5.41) is 6.73. The summed E-state index contributed by atoms with van der Waals surface area (Å²) in [7, 11) is 1.61. The lowest BCUT2D eigenvalue weighted by molar-refractivity contribution is -0.132. The number of nitrogens with zero attached hydrogens (tertiary/aromatic N) is 2. The molecule has 33 heavy (non-hydrogen) atoms. The summed E-state index contributed by atoms with van der Waals surface area (Å²) < 4.78 is 10.5. The molecule has 2 amide bonds. The SMILES string of the molecule is COc1ccc(CNC(=O)c2cc(CN(CC(C)C)C(=O)CCc3ccccc3)on2)cc1. The third-order valence-electron chi connectivity index (χ3n) is 5.16. The highest BCUT2D eigenvalue weighted by Crippen LogP contribution is 2.14. The van der Waals surface area contributed by atoms with Gasteiger partial charge in [0, 0.05) is 25.6 Å². The zero-order valence-corrected chi connectivity index (χ0v) is 19.4. The molecule has 3 aromatic rings. The molecule has 0 spiro atoms. The predicted molar refractivity (Wildman–Crippen MR) is 126 cm³/mol. The number of ether oxygens (including phenoxy) is 1. The maximum Gasteiger partial charge on any atom is 0.273 e. The monoisotopic (exact) mass is 449 g/mol. The summed E-state index contributed by atoms with van der Waals surface area (Å²) in [6, 6.07) is 19.0. The Morgan fingerprint density at radius 1 is 1.06 bits per heavy atom. The summed E-state index contributed by atoms with van der Waals surface area (Å²) in [6.45, 7) is 5.38. The molecule has 3 rings (SSSR count). The third kappa shape index (κ3) is 7.49. The van der Waals surface area contributed by atoms with E-state index in [0.29, 0.717) is 37.6 Å². The van der Waals surface area contributed by atoms with Crippen molar-refractivity contribution in [3.05, 3.63) is 83.2 Å². The van der Waals surface area contributed by atoms with Gasteiger partial charge >= 0.3 is 0 Å². The molecule has 7 heteroatoms. The second-order valence-corrected chi connectivity index (χ2v) is 8.36. The second-order valence-electron chi connectivity index (χ2n) is 8.36. The third-order valence-corrected chi connectivity index (χ3v) is 5.16. The minimum atomic E-state index is -0.327. The van der Waals surface area contributed by atoms with E-state index in [2.05, 4.69) is 24.3 Å². The molecule has 0 atom stereocenters. The first-order valence-corrected chi connectivity index (χ1v) is 11.1. The molecular formula is C26H31N3O4. The van der Waals surface area contributed by atoms with Crippen LogP contribution < -0.4 is 10.1 Å². The van der Waals surface area contributed by atoms with Gasteiger partial charge in [-0.15, -0.1) is 0 Å². The number of methoxy groups -OCH3 is 1. The number of carbonyl (C=O) groups is 2. The van der Waals surface area contributed by atoms with Gasteiger partial charge in [0.15, 0.2) is 11.5 Å². The topological polar surface area (TPSA) is 84.7 Å². The van der Waals surface area contributed by atoms with E-state index in [1.165, 1.54) is 0 Å². The van der Waals surface area contributed by atoms with Crippen LogP contribution in [0.25, 0.3) is 0 Å². The van der Waals surface area contributed by atoms with Crippen molar-refractivity contribution in [2.45, 2.75) is 39.8 Å². The molecule has 0 saturated heterocycles. The van der Waals surface area contributed by atoms with Crippen molar-refractivity contribution in [3.63, 3.8) is 0 Å². The first-order chi connectivity index (χ1) is 15.9. The van der Waals surface area contributed by atoms with Gasteiger partial charge in [0.1, 0.15) is 5.75 Å². The Balaban J connectivity index is 1.56. The van der Waals surface area contributed by atoms with Gasteiger partial charge in [0.2, 0.25) is 5.91 Å².